The van der Waals surface area contributed by atoms with Gasteiger partial charge in [0, 0.05) is 5.75 Å². The Bertz CT molecular complexity index is 190. The molecule has 2 fully saturated rings. The van der Waals surface area contributed by atoms with E-state index in [1.165, 1.54) is 38.1 Å². The van der Waals surface area contributed by atoms with Crippen molar-refractivity contribution < 1.29 is 4.74 Å². The molecule has 0 N–H and O–H groups in total. The first-order valence-corrected chi connectivity index (χ1v) is 6.93. The highest BCUT2D eigenvalue weighted by molar-refractivity contribution is 7.98. The van der Waals surface area contributed by atoms with Gasteiger partial charge in [-0.05, 0) is 51.1 Å². The zero-order chi connectivity index (χ0) is 10.0. The molecule has 2 aliphatic rings. The first kappa shape index (κ1) is 10.8. The predicted molar refractivity (Wildman–Crippen MR) is 61.9 cm³/mol. The van der Waals surface area contributed by atoms with Gasteiger partial charge in [0.2, 0.25) is 0 Å². The highest BCUT2D eigenvalue weighted by Crippen LogP contribution is 2.42. The average molecular weight is 215 g/mol. The number of ether oxygens (including phenoxy) is 1. The summed E-state index contributed by atoms with van der Waals surface area (Å²) in [4.78, 5) is 2.44. The molecule has 1 unspecified atom stereocenters. The van der Waals surface area contributed by atoms with Crippen LogP contribution in [0.3, 0.4) is 0 Å². The molecule has 82 valence electrons. The lowest BCUT2D eigenvalue weighted by atomic mass is 9.77. The van der Waals surface area contributed by atoms with Crippen LogP contribution >= 0.6 is 11.8 Å². The van der Waals surface area contributed by atoms with Gasteiger partial charge < -0.3 is 9.64 Å². The second kappa shape index (κ2) is 4.42. The summed E-state index contributed by atoms with van der Waals surface area (Å²) in [5.41, 5.74) is 0.549. The van der Waals surface area contributed by atoms with Crippen LogP contribution in [0, 0.1) is 5.41 Å². The van der Waals surface area contributed by atoms with Crippen LogP contribution in [0.4, 0.5) is 0 Å². The van der Waals surface area contributed by atoms with Gasteiger partial charge in [-0.2, -0.15) is 11.8 Å². The quantitative estimate of drug-likeness (QED) is 0.697. The molecular formula is C11H21NOS. The van der Waals surface area contributed by atoms with Crippen molar-refractivity contribution in [3.63, 3.8) is 0 Å². The van der Waals surface area contributed by atoms with Gasteiger partial charge in [-0.1, -0.05) is 0 Å². The third-order valence-corrected chi connectivity index (χ3v) is 4.39. The summed E-state index contributed by atoms with van der Waals surface area (Å²) in [7, 11) is 2.22. The van der Waals surface area contributed by atoms with E-state index in [0.717, 1.165) is 6.61 Å². The van der Waals surface area contributed by atoms with Crippen LogP contribution in [0.5, 0.6) is 0 Å². The molecule has 0 aromatic heterocycles. The van der Waals surface area contributed by atoms with Crippen LogP contribution in [-0.2, 0) is 4.74 Å². The summed E-state index contributed by atoms with van der Waals surface area (Å²) in [5.74, 6) is 1.18. The SMILES string of the molecule is CSCC1CC2(CCN(C)CC2)CO1. The lowest BCUT2D eigenvalue weighted by molar-refractivity contribution is 0.0775. The van der Waals surface area contributed by atoms with Crippen LogP contribution in [0.15, 0.2) is 0 Å². The highest BCUT2D eigenvalue weighted by Gasteiger charge is 2.41. The number of rotatable bonds is 2. The van der Waals surface area contributed by atoms with Gasteiger partial charge in [-0.3, -0.25) is 0 Å². The monoisotopic (exact) mass is 215 g/mol. The molecule has 1 spiro atoms. The van der Waals surface area contributed by atoms with E-state index in [-0.39, 0.29) is 0 Å². The van der Waals surface area contributed by atoms with Gasteiger partial charge in [0.25, 0.3) is 0 Å². The summed E-state index contributed by atoms with van der Waals surface area (Å²) >= 11 is 1.91. The van der Waals surface area contributed by atoms with Crippen LogP contribution in [0.1, 0.15) is 19.3 Å². The minimum absolute atomic E-state index is 0.536. The Morgan fingerprint density at radius 3 is 2.79 bits per heavy atom. The summed E-state index contributed by atoms with van der Waals surface area (Å²) in [6.45, 7) is 3.54. The fraction of sp³-hybridized carbons (Fsp3) is 1.00. The van der Waals surface area contributed by atoms with Crippen LogP contribution < -0.4 is 0 Å². The van der Waals surface area contributed by atoms with Crippen molar-refractivity contribution in [2.24, 2.45) is 5.41 Å². The average Bonchev–Trinajstić information content (AvgIpc) is 2.56. The summed E-state index contributed by atoms with van der Waals surface area (Å²) in [6, 6.07) is 0. The molecule has 0 bridgehead atoms. The Labute approximate surface area is 91.4 Å². The predicted octanol–water partition coefficient (Wildman–Crippen LogP) is 1.85. The molecule has 0 aliphatic carbocycles. The van der Waals surface area contributed by atoms with E-state index in [2.05, 4.69) is 18.2 Å². The van der Waals surface area contributed by atoms with Crippen molar-refractivity contribution in [2.75, 3.05) is 38.8 Å². The molecule has 0 amide bonds. The van der Waals surface area contributed by atoms with E-state index < -0.39 is 0 Å². The third-order valence-electron chi connectivity index (χ3n) is 3.69. The maximum atomic E-state index is 5.88. The first-order chi connectivity index (χ1) is 6.74. The van der Waals surface area contributed by atoms with Crippen LogP contribution in [0.2, 0.25) is 0 Å². The summed E-state index contributed by atoms with van der Waals surface area (Å²) in [6.07, 6.45) is 6.70. The maximum Gasteiger partial charge on any atom is 0.0671 e. The van der Waals surface area contributed by atoms with Gasteiger partial charge in [0.1, 0.15) is 0 Å². The Kier molecular flexibility index (Phi) is 3.40. The number of thioether (sulfide) groups is 1. The van der Waals surface area contributed by atoms with Crippen LogP contribution in [0.25, 0.3) is 0 Å². The Balaban J connectivity index is 1.86. The molecule has 14 heavy (non-hydrogen) atoms. The Hall–Kier alpha value is 0.270. The molecule has 0 radical (unpaired) electrons. The zero-order valence-corrected chi connectivity index (χ0v) is 10.1. The van der Waals surface area contributed by atoms with E-state index in [1.807, 2.05) is 11.8 Å². The fourth-order valence-corrected chi connectivity index (χ4v) is 3.22. The normalized spacial score (nSPS) is 32.6. The smallest absolute Gasteiger partial charge is 0.0671 e. The third kappa shape index (κ3) is 2.26. The molecule has 2 nitrogen and oxygen atoms in total. The fourth-order valence-electron chi connectivity index (χ4n) is 2.63. The lowest BCUT2D eigenvalue weighted by Crippen LogP contribution is -2.38. The lowest BCUT2D eigenvalue weighted by Gasteiger charge is -2.36. The molecule has 0 aromatic carbocycles. The van der Waals surface area contributed by atoms with Gasteiger partial charge in [0.05, 0.1) is 12.7 Å². The molecule has 0 aromatic rings. The van der Waals surface area contributed by atoms with E-state index in [4.69, 9.17) is 4.74 Å². The van der Waals surface area contributed by atoms with Crippen molar-refractivity contribution in [1.82, 2.24) is 4.90 Å². The van der Waals surface area contributed by atoms with E-state index in [9.17, 15) is 0 Å². The van der Waals surface area contributed by atoms with Crippen molar-refractivity contribution in [2.45, 2.75) is 25.4 Å². The molecule has 1 atom stereocenters. The minimum Gasteiger partial charge on any atom is -0.377 e. The van der Waals surface area contributed by atoms with Crippen molar-refractivity contribution in [1.29, 1.82) is 0 Å². The molecule has 2 aliphatic heterocycles. The number of nitrogens with zero attached hydrogens (tertiary/aromatic N) is 1. The summed E-state index contributed by atoms with van der Waals surface area (Å²) < 4.78 is 5.88. The Morgan fingerprint density at radius 2 is 2.14 bits per heavy atom. The molecule has 2 saturated heterocycles. The molecule has 2 heterocycles. The number of piperidine rings is 1. The van der Waals surface area contributed by atoms with Gasteiger partial charge >= 0.3 is 0 Å². The zero-order valence-electron chi connectivity index (χ0n) is 9.29. The van der Waals surface area contributed by atoms with Crippen molar-refractivity contribution in [3.8, 4) is 0 Å². The van der Waals surface area contributed by atoms with Crippen molar-refractivity contribution >= 4 is 11.8 Å². The number of likely N-dealkylation sites (tertiary alicyclic amines) is 1. The largest absolute Gasteiger partial charge is 0.377 e. The van der Waals surface area contributed by atoms with Gasteiger partial charge in [0.15, 0.2) is 0 Å². The standard InChI is InChI=1S/C11H21NOS/c1-12-5-3-11(4-6-12)7-10(8-14-2)13-9-11/h10H,3-9H2,1-2H3. The van der Waals surface area contributed by atoms with E-state index >= 15 is 0 Å². The topological polar surface area (TPSA) is 12.5 Å². The van der Waals surface area contributed by atoms with Crippen LogP contribution in [-0.4, -0.2) is 49.8 Å². The maximum absolute atomic E-state index is 5.88. The van der Waals surface area contributed by atoms with E-state index in [1.54, 1.807) is 0 Å². The van der Waals surface area contributed by atoms with Gasteiger partial charge in [-0.15, -0.1) is 0 Å². The van der Waals surface area contributed by atoms with E-state index in [0.29, 0.717) is 11.5 Å². The number of hydrogen-bond donors (Lipinski definition) is 0. The highest BCUT2D eigenvalue weighted by atomic mass is 32.2. The molecule has 3 heteroatoms. The number of hydrogen-bond acceptors (Lipinski definition) is 3. The first-order valence-electron chi connectivity index (χ1n) is 5.53. The Morgan fingerprint density at radius 1 is 1.43 bits per heavy atom. The molecule has 0 saturated carbocycles. The summed E-state index contributed by atoms with van der Waals surface area (Å²) in [5, 5.41) is 0. The van der Waals surface area contributed by atoms with Crippen molar-refractivity contribution in [3.05, 3.63) is 0 Å². The second-order valence-electron chi connectivity index (χ2n) is 4.90. The molecule has 2 rings (SSSR count). The minimum atomic E-state index is 0.536. The second-order valence-corrected chi connectivity index (χ2v) is 5.81. The van der Waals surface area contributed by atoms with Gasteiger partial charge in [-0.25, -0.2) is 0 Å². The molecular weight excluding hydrogens is 194 g/mol.